The van der Waals surface area contributed by atoms with E-state index in [0.717, 1.165) is 12.8 Å². The molecule has 1 unspecified atom stereocenters. The monoisotopic (exact) mass is 363 g/mol. The Balaban J connectivity index is 1.82. The number of nitrogens with two attached hydrogens (primary N) is 1. The molecule has 24 heavy (non-hydrogen) atoms. The fourth-order valence-electron chi connectivity index (χ4n) is 2.22. The summed E-state index contributed by atoms with van der Waals surface area (Å²) >= 11 is 5.28. The average molecular weight is 364 g/mol. The van der Waals surface area contributed by atoms with Gasteiger partial charge in [0.15, 0.2) is 5.11 Å². The molecule has 0 spiro atoms. The second-order valence-corrected chi connectivity index (χ2v) is 7.56. The van der Waals surface area contributed by atoms with Crippen LogP contribution in [0.4, 0.5) is 5.69 Å². The van der Waals surface area contributed by atoms with Crippen LogP contribution in [0, 0.1) is 0 Å². The lowest BCUT2D eigenvalue weighted by molar-refractivity contribution is 0.598. The molecule has 0 radical (unpaired) electrons. The summed E-state index contributed by atoms with van der Waals surface area (Å²) < 4.78 is 22.4. The molecule has 0 fully saturated rings. The van der Waals surface area contributed by atoms with Crippen LogP contribution in [0.25, 0.3) is 0 Å². The fourth-order valence-corrected chi connectivity index (χ4v) is 3.05. The van der Waals surface area contributed by atoms with Gasteiger partial charge in [0.1, 0.15) is 0 Å². The zero-order valence-electron chi connectivity index (χ0n) is 13.4. The van der Waals surface area contributed by atoms with E-state index in [4.69, 9.17) is 17.4 Å². The first-order valence-corrected chi connectivity index (χ1v) is 9.54. The van der Waals surface area contributed by atoms with Gasteiger partial charge in [-0.3, -0.25) is 0 Å². The van der Waals surface area contributed by atoms with Crippen LogP contribution in [-0.2, 0) is 16.4 Å². The Kier molecular flexibility index (Phi) is 6.30. The molecule has 0 saturated heterocycles. The van der Waals surface area contributed by atoms with Crippen molar-refractivity contribution >= 4 is 33.0 Å². The molecule has 0 saturated carbocycles. The summed E-state index contributed by atoms with van der Waals surface area (Å²) in [6, 6.07) is 16.6. The standard InChI is InChI=1S/C17H21N3O2S2/c1-13(7-8-14-5-3-2-4-6-14)19-17(23)20-15-9-11-16(12-10-15)24(18,21)22/h2-6,9-13H,7-8H2,1H3,(H2,18,21,22)(H2,19,20,23). The number of anilines is 1. The lowest BCUT2D eigenvalue weighted by Gasteiger charge is -2.17. The van der Waals surface area contributed by atoms with E-state index in [2.05, 4.69) is 29.7 Å². The van der Waals surface area contributed by atoms with Crippen molar-refractivity contribution in [1.82, 2.24) is 5.32 Å². The van der Waals surface area contributed by atoms with Crippen molar-refractivity contribution in [3.05, 3.63) is 60.2 Å². The molecule has 0 heterocycles. The number of rotatable bonds is 6. The minimum absolute atomic E-state index is 0.0724. The Morgan fingerprint density at radius 1 is 1.12 bits per heavy atom. The highest BCUT2D eigenvalue weighted by atomic mass is 32.2. The Bertz CT molecular complexity index is 775. The molecule has 0 bridgehead atoms. The number of sulfonamides is 1. The Morgan fingerprint density at radius 2 is 1.75 bits per heavy atom. The highest BCUT2D eigenvalue weighted by Crippen LogP contribution is 2.13. The molecule has 0 aliphatic heterocycles. The third kappa shape index (κ3) is 5.92. The molecule has 0 aliphatic carbocycles. The highest BCUT2D eigenvalue weighted by Gasteiger charge is 2.08. The molecule has 0 amide bonds. The number of primary sulfonamides is 1. The first kappa shape index (κ1) is 18.4. The van der Waals surface area contributed by atoms with Gasteiger partial charge in [-0.2, -0.15) is 0 Å². The first-order chi connectivity index (χ1) is 11.3. The second kappa shape index (κ2) is 8.23. The summed E-state index contributed by atoms with van der Waals surface area (Å²) in [4.78, 5) is 0.0724. The van der Waals surface area contributed by atoms with Gasteiger partial charge >= 0.3 is 0 Å². The summed E-state index contributed by atoms with van der Waals surface area (Å²) in [6.45, 7) is 2.07. The van der Waals surface area contributed by atoms with Crippen LogP contribution in [0.3, 0.4) is 0 Å². The van der Waals surface area contributed by atoms with Crippen LogP contribution < -0.4 is 15.8 Å². The maximum absolute atomic E-state index is 11.2. The van der Waals surface area contributed by atoms with E-state index >= 15 is 0 Å². The molecular formula is C17H21N3O2S2. The molecular weight excluding hydrogens is 342 g/mol. The number of hydrogen-bond acceptors (Lipinski definition) is 3. The molecule has 0 aliphatic rings. The zero-order chi connectivity index (χ0) is 17.6. The first-order valence-electron chi connectivity index (χ1n) is 7.59. The van der Waals surface area contributed by atoms with Gasteiger partial charge in [-0.05, 0) is 61.8 Å². The molecule has 1 atom stereocenters. The Hall–Kier alpha value is -1.96. The molecule has 7 heteroatoms. The van der Waals surface area contributed by atoms with Crippen molar-refractivity contribution in [2.75, 3.05) is 5.32 Å². The van der Waals surface area contributed by atoms with E-state index in [1.54, 1.807) is 12.1 Å². The van der Waals surface area contributed by atoms with Crippen molar-refractivity contribution in [3.63, 3.8) is 0 Å². The molecule has 2 aromatic carbocycles. The fraction of sp³-hybridized carbons (Fsp3) is 0.235. The van der Waals surface area contributed by atoms with Gasteiger partial charge < -0.3 is 10.6 Å². The number of aryl methyl sites for hydroxylation is 1. The summed E-state index contributed by atoms with van der Waals surface area (Å²) in [5.74, 6) is 0. The molecule has 128 valence electrons. The Morgan fingerprint density at radius 3 is 2.33 bits per heavy atom. The van der Waals surface area contributed by atoms with Crippen LogP contribution in [0.15, 0.2) is 59.5 Å². The van der Waals surface area contributed by atoms with Gasteiger partial charge in [-0.25, -0.2) is 13.6 Å². The van der Waals surface area contributed by atoms with Gasteiger partial charge in [0.25, 0.3) is 0 Å². The van der Waals surface area contributed by atoms with Crippen LogP contribution >= 0.6 is 12.2 Å². The number of benzene rings is 2. The van der Waals surface area contributed by atoms with E-state index in [1.165, 1.54) is 17.7 Å². The number of nitrogens with one attached hydrogen (secondary N) is 2. The second-order valence-electron chi connectivity index (χ2n) is 5.59. The third-order valence-corrected chi connectivity index (χ3v) is 4.68. The predicted molar refractivity (Wildman–Crippen MR) is 101 cm³/mol. The molecule has 0 aromatic heterocycles. The maximum Gasteiger partial charge on any atom is 0.238 e. The van der Waals surface area contributed by atoms with E-state index in [1.807, 2.05) is 18.2 Å². The van der Waals surface area contributed by atoms with Crippen LogP contribution in [-0.4, -0.2) is 19.6 Å². The normalized spacial score (nSPS) is 12.4. The molecule has 2 aromatic rings. The third-order valence-electron chi connectivity index (χ3n) is 3.53. The number of hydrogen-bond donors (Lipinski definition) is 3. The van der Waals surface area contributed by atoms with Gasteiger partial charge in [0.2, 0.25) is 10.0 Å². The van der Waals surface area contributed by atoms with Crippen molar-refractivity contribution in [2.24, 2.45) is 5.14 Å². The molecule has 4 N–H and O–H groups in total. The van der Waals surface area contributed by atoms with Gasteiger partial charge in [0.05, 0.1) is 4.90 Å². The average Bonchev–Trinajstić information content (AvgIpc) is 2.53. The largest absolute Gasteiger partial charge is 0.360 e. The zero-order valence-corrected chi connectivity index (χ0v) is 15.0. The topological polar surface area (TPSA) is 84.2 Å². The summed E-state index contributed by atoms with van der Waals surface area (Å²) in [7, 11) is -3.68. The maximum atomic E-state index is 11.2. The van der Waals surface area contributed by atoms with E-state index in [-0.39, 0.29) is 10.9 Å². The molecule has 5 nitrogen and oxygen atoms in total. The Labute approximate surface area is 148 Å². The van der Waals surface area contributed by atoms with Gasteiger partial charge in [0, 0.05) is 11.7 Å². The van der Waals surface area contributed by atoms with Crippen LogP contribution in [0.5, 0.6) is 0 Å². The lowest BCUT2D eigenvalue weighted by atomic mass is 10.1. The predicted octanol–water partition coefficient (Wildman–Crippen LogP) is 2.64. The minimum Gasteiger partial charge on any atom is -0.360 e. The van der Waals surface area contributed by atoms with E-state index in [9.17, 15) is 8.42 Å². The van der Waals surface area contributed by atoms with Crippen LogP contribution in [0.1, 0.15) is 18.9 Å². The van der Waals surface area contributed by atoms with Crippen molar-refractivity contribution in [2.45, 2.75) is 30.7 Å². The SMILES string of the molecule is CC(CCc1ccccc1)NC(=S)Nc1ccc(S(N)(=O)=O)cc1. The summed E-state index contributed by atoms with van der Waals surface area (Å²) in [6.07, 6.45) is 1.93. The smallest absolute Gasteiger partial charge is 0.238 e. The number of thiocarbonyl (C=S) groups is 1. The lowest BCUT2D eigenvalue weighted by Crippen LogP contribution is -2.36. The van der Waals surface area contributed by atoms with Crippen LogP contribution in [0.2, 0.25) is 0 Å². The molecule has 2 rings (SSSR count). The van der Waals surface area contributed by atoms with E-state index in [0.29, 0.717) is 10.8 Å². The minimum atomic E-state index is -3.68. The quantitative estimate of drug-likeness (QED) is 0.687. The van der Waals surface area contributed by atoms with Crippen molar-refractivity contribution < 1.29 is 8.42 Å². The van der Waals surface area contributed by atoms with Crippen molar-refractivity contribution in [3.8, 4) is 0 Å². The van der Waals surface area contributed by atoms with Gasteiger partial charge in [-0.15, -0.1) is 0 Å². The van der Waals surface area contributed by atoms with Crippen molar-refractivity contribution in [1.29, 1.82) is 0 Å². The van der Waals surface area contributed by atoms with Gasteiger partial charge in [-0.1, -0.05) is 30.3 Å². The summed E-state index contributed by atoms with van der Waals surface area (Å²) in [5.41, 5.74) is 2.00. The highest BCUT2D eigenvalue weighted by molar-refractivity contribution is 7.89. The van der Waals surface area contributed by atoms with E-state index < -0.39 is 10.0 Å². The summed E-state index contributed by atoms with van der Waals surface area (Å²) in [5, 5.41) is 11.8.